The molecule has 10 nitrogen and oxygen atoms in total. The first-order chi connectivity index (χ1) is 16.8. The highest BCUT2D eigenvalue weighted by Crippen LogP contribution is 2.29. The fourth-order valence-corrected chi connectivity index (χ4v) is 2.96. The van der Waals surface area contributed by atoms with Gasteiger partial charge in [0.05, 0.1) is 5.69 Å². The van der Waals surface area contributed by atoms with Gasteiger partial charge in [-0.05, 0) is 66.2 Å². The van der Waals surface area contributed by atoms with Gasteiger partial charge in [0.25, 0.3) is 5.91 Å². The molecule has 2 rings (SSSR count). The second-order valence-corrected chi connectivity index (χ2v) is 10.2. The molecule has 0 aliphatic rings. The van der Waals surface area contributed by atoms with Crippen LogP contribution in [0, 0.1) is 0 Å². The van der Waals surface area contributed by atoms with Gasteiger partial charge in [-0.25, -0.2) is 14.3 Å². The van der Waals surface area contributed by atoms with E-state index in [1.807, 2.05) is 0 Å². The number of aromatic nitrogens is 2. The fourth-order valence-electron chi connectivity index (χ4n) is 2.96. The van der Waals surface area contributed by atoms with E-state index in [0.717, 1.165) is 4.68 Å². The van der Waals surface area contributed by atoms with Crippen molar-refractivity contribution in [3.63, 3.8) is 0 Å². The van der Waals surface area contributed by atoms with Gasteiger partial charge >= 0.3 is 18.4 Å². The number of nitrogens with zero attached hydrogens (tertiary/aromatic N) is 2. The molecule has 2 aromatic rings. The number of carbonyl (C=O) groups is 3. The number of hydrogen-bond donors (Lipinski definition) is 3. The van der Waals surface area contributed by atoms with E-state index in [4.69, 9.17) is 9.47 Å². The second-order valence-electron chi connectivity index (χ2n) is 10.2. The van der Waals surface area contributed by atoms with E-state index < -0.39 is 53.0 Å². The predicted octanol–water partition coefficient (Wildman–Crippen LogP) is 4.52. The average molecular weight is 528 g/mol. The molecule has 1 unspecified atom stereocenters. The Balaban J connectivity index is 2.27. The van der Waals surface area contributed by atoms with Crippen LogP contribution in [0.3, 0.4) is 0 Å². The van der Waals surface area contributed by atoms with Crippen LogP contribution < -0.4 is 16.0 Å². The van der Waals surface area contributed by atoms with Gasteiger partial charge < -0.3 is 25.4 Å². The first-order valence-electron chi connectivity index (χ1n) is 11.4. The molecular formula is C24H32F3N5O5. The quantitative estimate of drug-likeness (QED) is 0.475. The lowest BCUT2D eigenvalue weighted by molar-refractivity contribution is -0.141. The number of carbonyl (C=O) groups excluding carboxylic acids is 3. The van der Waals surface area contributed by atoms with Crippen molar-refractivity contribution in [2.24, 2.45) is 0 Å². The molecule has 0 aliphatic carbocycles. The molecule has 0 spiro atoms. The maximum Gasteiger partial charge on any atom is 0.435 e. The molecular weight excluding hydrogens is 495 g/mol. The first-order valence-corrected chi connectivity index (χ1v) is 11.4. The third-order valence-corrected chi connectivity index (χ3v) is 4.30. The molecule has 0 aliphatic heterocycles. The number of hydrogen-bond acceptors (Lipinski definition) is 6. The van der Waals surface area contributed by atoms with Gasteiger partial charge in [0.15, 0.2) is 5.69 Å². The topological polar surface area (TPSA) is 124 Å². The Bertz CT molecular complexity index is 1130. The van der Waals surface area contributed by atoms with Crippen LogP contribution in [-0.2, 0) is 22.2 Å². The Morgan fingerprint density at radius 1 is 0.946 bits per heavy atom. The Morgan fingerprint density at radius 3 is 2.11 bits per heavy atom. The van der Waals surface area contributed by atoms with Crippen molar-refractivity contribution < 1.29 is 37.0 Å². The first kappa shape index (κ1) is 29.5. The summed E-state index contributed by atoms with van der Waals surface area (Å²) in [5.41, 5.74) is -2.50. The molecule has 0 saturated carbocycles. The van der Waals surface area contributed by atoms with Gasteiger partial charge in [0, 0.05) is 12.6 Å². The number of alkyl carbamates (subject to hydrolysis) is 2. The Labute approximate surface area is 212 Å². The minimum Gasteiger partial charge on any atom is -0.444 e. The summed E-state index contributed by atoms with van der Waals surface area (Å²) in [6.45, 7) is 11.5. The van der Waals surface area contributed by atoms with E-state index in [-0.39, 0.29) is 12.2 Å². The van der Waals surface area contributed by atoms with Crippen molar-refractivity contribution >= 4 is 18.1 Å². The summed E-state index contributed by atoms with van der Waals surface area (Å²) in [5.74, 6) is -0.913. The summed E-state index contributed by atoms with van der Waals surface area (Å²) < 4.78 is 51.4. The minimum atomic E-state index is -4.81. The highest BCUT2D eigenvalue weighted by molar-refractivity contribution is 5.93. The Kier molecular flexibility index (Phi) is 8.83. The second kappa shape index (κ2) is 11.1. The van der Waals surface area contributed by atoms with Crippen LogP contribution in [0.2, 0.25) is 0 Å². The van der Waals surface area contributed by atoms with Crippen LogP contribution in [0.25, 0.3) is 5.69 Å². The lowest BCUT2D eigenvalue weighted by atomic mass is 10.2. The predicted molar refractivity (Wildman–Crippen MR) is 128 cm³/mol. The monoisotopic (exact) mass is 527 g/mol. The van der Waals surface area contributed by atoms with Gasteiger partial charge in [-0.3, -0.25) is 4.79 Å². The molecule has 0 fully saturated rings. The molecule has 0 saturated heterocycles. The summed E-state index contributed by atoms with van der Waals surface area (Å²) in [5, 5.41) is 10.9. The smallest absolute Gasteiger partial charge is 0.435 e. The number of halogens is 3. The lowest BCUT2D eigenvalue weighted by Crippen LogP contribution is -2.47. The van der Waals surface area contributed by atoms with Crippen LogP contribution in [0.1, 0.15) is 70.2 Å². The molecule has 13 heteroatoms. The van der Waals surface area contributed by atoms with Crippen molar-refractivity contribution in [2.45, 2.75) is 78.6 Å². The van der Waals surface area contributed by atoms with E-state index in [0.29, 0.717) is 11.6 Å². The molecule has 3 N–H and O–H groups in total. The van der Waals surface area contributed by atoms with E-state index in [9.17, 15) is 27.6 Å². The van der Waals surface area contributed by atoms with Gasteiger partial charge in [0.1, 0.15) is 23.1 Å². The molecule has 1 atom stereocenters. The van der Waals surface area contributed by atoms with Crippen molar-refractivity contribution in [1.82, 2.24) is 25.7 Å². The van der Waals surface area contributed by atoms with Crippen molar-refractivity contribution in [3.8, 4) is 5.69 Å². The number of ether oxygens (including phenoxy) is 2. The number of benzene rings is 1. The van der Waals surface area contributed by atoms with E-state index in [1.54, 1.807) is 53.7 Å². The van der Waals surface area contributed by atoms with Gasteiger partial charge in [0.2, 0.25) is 0 Å². The molecule has 37 heavy (non-hydrogen) atoms. The number of amides is 3. The molecule has 0 bridgehead atoms. The summed E-state index contributed by atoms with van der Waals surface area (Å²) in [6, 6.07) is 6.74. The molecule has 204 valence electrons. The van der Waals surface area contributed by atoms with Crippen LogP contribution in [-0.4, -0.2) is 45.2 Å². The Hall–Kier alpha value is -3.77. The molecule has 1 aromatic carbocycles. The number of rotatable bonds is 6. The lowest BCUT2D eigenvalue weighted by Gasteiger charge is -2.22. The summed E-state index contributed by atoms with van der Waals surface area (Å²) >= 11 is 0. The van der Waals surface area contributed by atoms with Crippen molar-refractivity contribution in [3.05, 3.63) is 47.3 Å². The standard InChI is InChI=1S/C24H32F3N5O5/c1-14(30-21(35)37-23(5,6)7)29-19(33)17-12-18(24(25,26)27)31-32(17)16-10-8-9-15(11-16)13-28-20(34)36-22(2,3)4/h8-12,14H,13H2,1-7H3,(H,28,34)(H,29,33)(H,30,35). The normalized spacial score (nSPS) is 12.9. The minimum absolute atomic E-state index is 0.0223. The fraction of sp³-hybridized carbons (Fsp3) is 0.500. The highest BCUT2D eigenvalue weighted by atomic mass is 19.4. The van der Waals surface area contributed by atoms with Crippen LogP contribution in [0.5, 0.6) is 0 Å². The van der Waals surface area contributed by atoms with Crippen LogP contribution in [0.4, 0.5) is 22.8 Å². The third kappa shape index (κ3) is 9.66. The van der Waals surface area contributed by atoms with E-state index >= 15 is 0 Å². The number of alkyl halides is 3. The SMILES string of the molecule is CC(NC(=O)OC(C)(C)C)NC(=O)c1cc(C(F)(F)F)nn1-c1cccc(CNC(=O)OC(C)(C)C)c1. The van der Waals surface area contributed by atoms with E-state index in [2.05, 4.69) is 21.0 Å². The maximum absolute atomic E-state index is 13.4. The van der Waals surface area contributed by atoms with Crippen LogP contribution in [0.15, 0.2) is 30.3 Å². The largest absolute Gasteiger partial charge is 0.444 e. The maximum atomic E-state index is 13.4. The molecule has 1 aromatic heterocycles. The summed E-state index contributed by atoms with van der Waals surface area (Å²) in [6.07, 6.45) is -7.25. The van der Waals surface area contributed by atoms with Crippen molar-refractivity contribution in [1.29, 1.82) is 0 Å². The molecule has 0 radical (unpaired) electrons. The molecule has 1 heterocycles. The third-order valence-electron chi connectivity index (χ3n) is 4.30. The van der Waals surface area contributed by atoms with E-state index in [1.165, 1.54) is 19.1 Å². The highest BCUT2D eigenvalue weighted by Gasteiger charge is 2.36. The van der Waals surface area contributed by atoms with Gasteiger partial charge in [-0.2, -0.15) is 18.3 Å². The summed E-state index contributed by atoms with van der Waals surface area (Å²) in [4.78, 5) is 36.8. The Morgan fingerprint density at radius 2 is 1.54 bits per heavy atom. The van der Waals surface area contributed by atoms with Gasteiger partial charge in [-0.15, -0.1) is 0 Å². The van der Waals surface area contributed by atoms with Gasteiger partial charge in [-0.1, -0.05) is 12.1 Å². The zero-order valence-electron chi connectivity index (χ0n) is 21.7. The zero-order chi connectivity index (χ0) is 28.2. The van der Waals surface area contributed by atoms with Crippen molar-refractivity contribution in [2.75, 3.05) is 0 Å². The van der Waals surface area contributed by atoms with Crippen LogP contribution >= 0.6 is 0 Å². The average Bonchev–Trinajstić information content (AvgIpc) is 3.16. The zero-order valence-corrected chi connectivity index (χ0v) is 21.7. The summed E-state index contributed by atoms with van der Waals surface area (Å²) in [7, 11) is 0. The molecule has 3 amide bonds. The number of nitrogens with one attached hydrogen (secondary N) is 3.